The fraction of sp³-hybridized carbons (Fsp3) is 0.235. The first-order valence-electron chi connectivity index (χ1n) is 7.67. The lowest BCUT2D eigenvalue weighted by atomic mass is 10.1. The summed E-state index contributed by atoms with van der Waals surface area (Å²) < 4.78 is 2.03. The van der Waals surface area contributed by atoms with Gasteiger partial charge in [-0.3, -0.25) is 9.20 Å². The van der Waals surface area contributed by atoms with E-state index in [1.54, 1.807) is 6.20 Å². The van der Waals surface area contributed by atoms with Crippen molar-refractivity contribution >= 4 is 23.1 Å². The van der Waals surface area contributed by atoms with Gasteiger partial charge in [-0.15, -0.1) is 0 Å². The standard InChI is InChI=1S/C17H17N5O/c1-11(23)20-13-4-2-12(3-5-13)15-10-19-17-16(21-14-6-7-14)18-8-9-22(15)17/h2-5,8-10,14H,6-7H2,1H3,(H,18,21)(H,20,23). The van der Waals surface area contributed by atoms with Gasteiger partial charge >= 0.3 is 0 Å². The number of imidazole rings is 1. The van der Waals surface area contributed by atoms with Gasteiger partial charge in [-0.25, -0.2) is 9.97 Å². The zero-order valence-corrected chi connectivity index (χ0v) is 12.8. The topological polar surface area (TPSA) is 71.3 Å². The summed E-state index contributed by atoms with van der Waals surface area (Å²) in [5.41, 5.74) is 3.65. The van der Waals surface area contributed by atoms with Crippen molar-refractivity contribution in [2.75, 3.05) is 10.6 Å². The molecule has 1 aliphatic rings. The number of benzene rings is 1. The van der Waals surface area contributed by atoms with Gasteiger partial charge in [0.2, 0.25) is 5.91 Å². The van der Waals surface area contributed by atoms with Crippen LogP contribution in [0.5, 0.6) is 0 Å². The van der Waals surface area contributed by atoms with Crippen molar-refractivity contribution in [3.05, 3.63) is 42.9 Å². The molecule has 0 unspecified atom stereocenters. The Morgan fingerprint density at radius 1 is 1.22 bits per heavy atom. The third-order valence-corrected chi connectivity index (χ3v) is 3.85. The van der Waals surface area contributed by atoms with E-state index in [0.29, 0.717) is 6.04 Å². The molecule has 2 N–H and O–H groups in total. The average Bonchev–Trinajstić information content (AvgIpc) is 3.24. The predicted octanol–water partition coefficient (Wildman–Crippen LogP) is 2.93. The van der Waals surface area contributed by atoms with E-state index >= 15 is 0 Å². The number of aromatic nitrogens is 3. The summed E-state index contributed by atoms with van der Waals surface area (Å²) in [6.07, 6.45) is 7.94. The van der Waals surface area contributed by atoms with Gasteiger partial charge in [-0.05, 0) is 25.0 Å². The molecule has 2 heterocycles. The highest BCUT2D eigenvalue weighted by atomic mass is 16.1. The number of anilines is 2. The first-order valence-corrected chi connectivity index (χ1v) is 7.67. The molecular weight excluding hydrogens is 290 g/mol. The Morgan fingerprint density at radius 2 is 2.00 bits per heavy atom. The molecule has 23 heavy (non-hydrogen) atoms. The van der Waals surface area contributed by atoms with Crippen LogP contribution in [0.1, 0.15) is 19.8 Å². The van der Waals surface area contributed by atoms with Crippen LogP contribution in [0, 0.1) is 0 Å². The summed E-state index contributed by atoms with van der Waals surface area (Å²) in [7, 11) is 0. The van der Waals surface area contributed by atoms with Gasteiger partial charge in [-0.2, -0.15) is 0 Å². The SMILES string of the molecule is CC(=O)Nc1ccc(-c2cnc3c(NC4CC4)nccn23)cc1. The van der Waals surface area contributed by atoms with Crippen LogP contribution in [0.15, 0.2) is 42.9 Å². The highest BCUT2D eigenvalue weighted by Crippen LogP contribution is 2.28. The van der Waals surface area contributed by atoms with Crippen LogP contribution < -0.4 is 10.6 Å². The van der Waals surface area contributed by atoms with Crippen molar-refractivity contribution in [1.29, 1.82) is 0 Å². The smallest absolute Gasteiger partial charge is 0.221 e. The van der Waals surface area contributed by atoms with E-state index in [0.717, 1.165) is 28.4 Å². The fourth-order valence-electron chi connectivity index (χ4n) is 2.58. The Morgan fingerprint density at radius 3 is 2.70 bits per heavy atom. The highest BCUT2D eigenvalue weighted by Gasteiger charge is 2.23. The van der Waals surface area contributed by atoms with Crippen molar-refractivity contribution in [3.8, 4) is 11.3 Å². The Balaban J connectivity index is 1.69. The first kappa shape index (κ1) is 13.8. The number of amides is 1. The van der Waals surface area contributed by atoms with Crippen LogP contribution in [0.2, 0.25) is 0 Å². The second-order valence-electron chi connectivity index (χ2n) is 5.79. The number of rotatable bonds is 4. The number of carbonyl (C=O) groups excluding carboxylic acids is 1. The third-order valence-electron chi connectivity index (χ3n) is 3.85. The monoisotopic (exact) mass is 307 g/mol. The molecule has 4 rings (SSSR count). The van der Waals surface area contributed by atoms with Gasteiger partial charge in [0.1, 0.15) is 0 Å². The number of fused-ring (bicyclic) bond motifs is 1. The van der Waals surface area contributed by atoms with Gasteiger partial charge in [0.05, 0.1) is 11.9 Å². The zero-order valence-electron chi connectivity index (χ0n) is 12.8. The van der Waals surface area contributed by atoms with Crippen molar-refractivity contribution in [2.24, 2.45) is 0 Å². The summed E-state index contributed by atoms with van der Waals surface area (Å²) in [5, 5.41) is 6.18. The van der Waals surface area contributed by atoms with Crippen molar-refractivity contribution < 1.29 is 4.79 Å². The molecule has 0 bridgehead atoms. The van der Waals surface area contributed by atoms with Crippen LogP contribution in [-0.4, -0.2) is 26.3 Å². The number of nitrogens with zero attached hydrogens (tertiary/aromatic N) is 3. The molecule has 2 aromatic heterocycles. The van der Waals surface area contributed by atoms with Gasteiger partial charge < -0.3 is 10.6 Å². The molecule has 1 amide bonds. The second kappa shape index (κ2) is 5.39. The minimum atomic E-state index is -0.0746. The lowest BCUT2D eigenvalue weighted by Gasteiger charge is -2.07. The Hall–Kier alpha value is -2.89. The maximum absolute atomic E-state index is 11.1. The fourth-order valence-corrected chi connectivity index (χ4v) is 2.58. The van der Waals surface area contributed by atoms with E-state index < -0.39 is 0 Å². The molecule has 6 nitrogen and oxygen atoms in total. The first-order chi connectivity index (χ1) is 11.2. The minimum absolute atomic E-state index is 0.0746. The van der Waals surface area contributed by atoms with Gasteiger partial charge in [0, 0.05) is 36.6 Å². The molecule has 1 aromatic carbocycles. The maximum atomic E-state index is 11.1. The molecule has 1 fully saturated rings. The number of hydrogen-bond donors (Lipinski definition) is 2. The summed E-state index contributed by atoms with van der Waals surface area (Å²) >= 11 is 0. The van der Waals surface area contributed by atoms with E-state index in [1.807, 2.05) is 41.1 Å². The molecule has 3 aromatic rings. The molecular formula is C17H17N5O. The average molecular weight is 307 g/mol. The van der Waals surface area contributed by atoms with Crippen LogP contribution in [0.25, 0.3) is 16.9 Å². The van der Waals surface area contributed by atoms with E-state index in [2.05, 4.69) is 20.6 Å². The Labute approximate surface area is 133 Å². The molecule has 0 spiro atoms. The maximum Gasteiger partial charge on any atom is 0.221 e. The Bertz CT molecular complexity index is 864. The van der Waals surface area contributed by atoms with Crippen LogP contribution >= 0.6 is 0 Å². The lowest BCUT2D eigenvalue weighted by Crippen LogP contribution is -2.05. The van der Waals surface area contributed by atoms with E-state index in [1.165, 1.54) is 19.8 Å². The summed E-state index contributed by atoms with van der Waals surface area (Å²) in [5.74, 6) is 0.755. The molecule has 116 valence electrons. The number of hydrogen-bond acceptors (Lipinski definition) is 4. The summed E-state index contributed by atoms with van der Waals surface area (Å²) in [6, 6.07) is 8.26. The van der Waals surface area contributed by atoms with Crippen molar-refractivity contribution in [1.82, 2.24) is 14.4 Å². The molecule has 1 aliphatic carbocycles. The van der Waals surface area contributed by atoms with Gasteiger partial charge in [0.25, 0.3) is 0 Å². The van der Waals surface area contributed by atoms with Crippen LogP contribution in [0.3, 0.4) is 0 Å². The molecule has 1 saturated carbocycles. The molecule has 0 atom stereocenters. The third kappa shape index (κ3) is 2.75. The molecule has 0 aliphatic heterocycles. The minimum Gasteiger partial charge on any atom is -0.364 e. The van der Waals surface area contributed by atoms with E-state index in [9.17, 15) is 4.79 Å². The molecule has 6 heteroatoms. The number of carbonyl (C=O) groups is 1. The zero-order chi connectivity index (χ0) is 15.8. The Kier molecular flexibility index (Phi) is 3.22. The van der Waals surface area contributed by atoms with Gasteiger partial charge in [-0.1, -0.05) is 12.1 Å². The van der Waals surface area contributed by atoms with Crippen LogP contribution in [-0.2, 0) is 4.79 Å². The lowest BCUT2D eigenvalue weighted by molar-refractivity contribution is -0.114. The summed E-state index contributed by atoms with van der Waals surface area (Å²) in [4.78, 5) is 20.0. The predicted molar refractivity (Wildman–Crippen MR) is 89.4 cm³/mol. The second-order valence-corrected chi connectivity index (χ2v) is 5.79. The van der Waals surface area contributed by atoms with Gasteiger partial charge in [0.15, 0.2) is 11.5 Å². The summed E-state index contributed by atoms with van der Waals surface area (Å²) in [6.45, 7) is 1.50. The quantitative estimate of drug-likeness (QED) is 0.777. The molecule has 0 saturated heterocycles. The molecule has 0 radical (unpaired) electrons. The van der Waals surface area contributed by atoms with Crippen molar-refractivity contribution in [3.63, 3.8) is 0 Å². The normalized spacial score (nSPS) is 14.0. The van der Waals surface area contributed by atoms with Crippen molar-refractivity contribution in [2.45, 2.75) is 25.8 Å². The van der Waals surface area contributed by atoms with E-state index in [4.69, 9.17) is 0 Å². The van der Waals surface area contributed by atoms with Crippen LogP contribution in [0.4, 0.5) is 11.5 Å². The van der Waals surface area contributed by atoms with E-state index in [-0.39, 0.29) is 5.91 Å². The highest BCUT2D eigenvalue weighted by molar-refractivity contribution is 5.89. The largest absolute Gasteiger partial charge is 0.364 e. The number of nitrogens with one attached hydrogen (secondary N) is 2.